The Balaban J connectivity index is 3.08. The highest BCUT2D eigenvalue weighted by molar-refractivity contribution is 5.73. The van der Waals surface area contributed by atoms with E-state index in [2.05, 4.69) is 0 Å². The molecule has 0 unspecified atom stereocenters. The SMILES string of the molecule is Cc1c(CO)coc1C=O. The molecule has 0 spiro atoms. The molecule has 3 heteroatoms. The van der Waals surface area contributed by atoms with Crippen molar-refractivity contribution in [2.75, 3.05) is 0 Å². The summed E-state index contributed by atoms with van der Waals surface area (Å²) in [5, 5.41) is 8.65. The molecule has 3 nitrogen and oxygen atoms in total. The number of rotatable bonds is 2. The first-order valence-electron chi connectivity index (χ1n) is 2.92. The summed E-state index contributed by atoms with van der Waals surface area (Å²) >= 11 is 0. The van der Waals surface area contributed by atoms with Crippen molar-refractivity contribution >= 4 is 6.29 Å². The maximum absolute atomic E-state index is 10.2. The molecule has 0 saturated carbocycles. The average molecular weight is 140 g/mol. The minimum absolute atomic E-state index is 0.0802. The number of hydrogen-bond donors (Lipinski definition) is 1. The zero-order valence-electron chi connectivity index (χ0n) is 5.63. The summed E-state index contributed by atoms with van der Waals surface area (Å²) < 4.78 is 4.81. The second kappa shape index (κ2) is 2.66. The number of carbonyl (C=O) groups is 1. The van der Waals surface area contributed by atoms with E-state index in [1.165, 1.54) is 6.26 Å². The van der Waals surface area contributed by atoms with Crippen molar-refractivity contribution in [2.24, 2.45) is 0 Å². The number of hydrogen-bond acceptors (Lipinski definition) is 3. The lowest BCUT2D eigenvalue weighted by Crippen LogP contribution is -1.84. The number of aldehydes is 1. The number of carbonyl (C=O) groups excluding carboxylic acids is 1. The quantitative estimate of drug-likeness (QED) is 0.620. The van der Waals surface area contributed by atoms with Gasteiger partial charge in [0.05, 0.1) is 12.9 Å². The zero-order valence-corrected chi connectivity index (χ0v) is 5.63. The zero-order chi connectivity index (χ0) is 7.56. The van der Waals surface area contributed by atoms with Crippen LogP contribution in [0.5, 0.6) is 0 Å². The Labute approximate surface area is 58.3 Å². The Bertz CT molecular complexity index is 237. The van der Waals surface area contributed by atoms with Gasteiger partial charge in [0, 0.05) is 11.1 Å². The molecule has 0 bridgehead atoms. The molecule has 0 amide bonds. The molecule has 0 aliphatic carbocycles. The van der Waals surface area contributed by atoms with Crippen LogP contribution in [0.1, 0.15) is 21.7 Å². The van der Waals surface area contributed by atoms with Crippen LogP contribution in [-0.4, -0.2) is 11.4 Å². The van der Waals surface area contributed by atoms with Crippen LogP contribution in [0.25, 0.3) is 0 Å². The van der Waals surface area contributed by atoms with Gasteiger partial charge in [-0.3, -0.25) is 4.79 Å². The van der Waals surface area contributed by atoms with E-state index < -0.39 is 0 Å². The fourth-order valence-electron chi connectivity index (χ4n) is 0.742. The molecular formula is C7H8O3. The molecule has 54 valence electrons. The van der Waals surface area contributed by atoms with Crippen molar-refractivity contribution in [1.82, 2.24) is 0 Å². The normalized spacial score (nSPS) is 9.80. The first kappa shape index (κ1) is 7.02. The molecule has 1 N–H and O–H groups in total. The molecule has 10 heavy (non-hydrogen) atoms. The monoisotopic (exact) mass is 140 g/mol. The third-order valence-corrected chi connectivity index (χ3v) is 1.46. The molecule has 1 rings (SSSR count). The summed E-state index contributed by atoms with van der Waals surface area (Å²) in [6.07, 6.45) is 2.02. The Hall–Kier alpha value is -1.09. The first-order valence-corrected chi connectivity index (χ1v) is 2.92. The van der Waals surface area contributed by atoms with Gasteiger partial charge in [-0.2, -0.15) is 0 Å². The highest BCUT2D eigenvalue weighted by Gasteiger charge is 2.05. The molecular weight excluding hydrogens is 132 g/mol. The van der Waals surface area contributed by atoms with Gasteiger partial charge in [0.2, 0.25) is 0 Å². The van der Waals surface area contributed by atoms with Gasteiger partial charge in [0.1, 0.15) is 0 Å². The van der Waals surface area contributed by atoms with Crippen LogP contribution in [0.2, 0.25) is 0 Å². The predicted molar refractivity (Wildman–Crippen MR) is 34.8 cm³/mol. The Morgan fingerprint density at radius 1 is 1.80 bits per heavy atom. The lowest BCUT2D eigenvalue weighted by Gasteiger charge is -1.87. The third kappa shape index (κ3) is 0.953. The van der Waals surface area contributed by atoms with Crippen molar-refractivity contribution in [3.63, 3.8) is 0 Å². The highest BCUT2D eigenvalue weighted by Crippen LogP contribution is 2.13. The van der Waals surface area contributed by atoms with E-state index in [9.17, 15) is 4.79 Å². The van der Waals surface area contributed by atoms with E-state index in [0.717, 1.165) is 5.56 Å². The molecule has 0 aromatic carbocycles. The molecule has 0 radical (unpaired) electrons. The first-order chi connectivity index (χ1) is 4.79. The summed E-state index contributed by atoms with van der Waals surface area (Å²) in [6.45, 7) is 1.65. The fourth-order valence-corrected chi connectivity index (χ4v) is 0.742. The average Bonchev–Trinajstić information content (AvgIpc) is 2.30. The molecule has 1 aromatic heterocycles. The van der Waals surface area contributed by atoms with E-state index in [-0.39, 0.29) is 6.61 Å². The van der Waals surface area contributed by atoms with Crippen LogP contribution in [0, 0.1) is 6.92 Å². The van der Waals surface area contributed by atoms with Gasteiger partial charge in [-0.05, 0) is 6.92 Å². The van der Waals surface area contributed by atoms with Crippen LogP contribution in [-0.2, 0) is 6.61 Å². The van der Waals surface area contributed by atoms with Gasteiger partial charge >= 0.3 is 0 Å². The van der Waals surface area contributed by atoms with Crippen LogP contribution in [0.4, 0.5) is 0 Å². The summed E-state index contributed by atoms with van der Waals surface area (Å²) in [6, 6.07) is 0. The smallest absolute Gasteiger partial charge is 0.185 e. The van der Waals surface area contributed by atoms with Gasteiger partial charge in [0.15, 0.2) is 12.0 Å². The molecule has 0 saturated heterocycles. The van der Waals surface area contributed by atoms with Crippen molar-refractivity contribution < 1.29 is 14.3 Å². The molecule has 1 heterocycles. The van der Waals surface area contributed by atoms with E-state index >= 15 is 0 Å². The maximum Gasteiger partial charge on any atom is 0.185 e. The van der Waals surface area contributed by atoms with Gasteiger partial charge in [-0.25, -0.2) is 0 Å². The van der Waals surface area contributed by atoms with Crippen LogP contribution in [0.3, 0.4) is 0 Å². The third-order valence-electron chi connectivity index (χ3n) is 1.46. The molecule has 0 aliphatic rings. The van der Waals surface area contributed by atoms with E-state index in [0.29, 0.717) is 17.6 Å². The van der Waals surface area contributed by atoms with Gasteiger partial charge in [0.25, 0.3) is 0 Å². The summed E-state index contributed by atoms with van der Waals surface area (Å²) in [5.41, 5.74) is 1.39. The summed E-state index contributed by atoms with van der Waals surface area (Å²) in [7, 11) is 0. The van der Waals surface area contributed by atoms with Gasteiger partial charge in [-0.1, -0.05) is 0 Å². The van der Waals surface area contributed by atoms with Gasteiger partial charge in [-0.15, -0.1) is 0 Å². The number of aliphatic hydroxyl groups is 1. The molecule has 0 fully saturated rings. The van der Waals surface area contributed by atoms with Crippen molar-refractivity contribution in [3.05, 3.63) is 23.2 Å². The van der Waals surface area contributed by atoms with Crippen molar-refractivity contribution in [2.45, 2.75) is 13.5 Å². The summed E-state index contributed by atoms with van der Waals surface area (Å²) in [5.74, 6) is 0.295. The van der Waals surface area contributed by atoms with Gasteiger partial charge < -0.3 is 9.52 Å². The fraction of sp³-hybridized carbons (Fsp3) is 0.286. The van der Waals surface area contributed by atoms with E-state index in [4.69, 9.17) is 9.52 Å². The predicted octanol–water partition coefficient (Wildman–Crippen LogP) is 0.893. The Morgan fingerprint density at radius 2 is 2.50 bits per heavy atom. The number of furan rings is 1. The van der Waals surface area contributed by atoms with Crippen molar-refractivity contribution in [3.8, 4) is 0 Å². The minimum atomic E-state index is -0.0802. The largest absolute Gasteiger partial charge is 0.461 e. The molecule has 1 aromatic rings. The Morgan fingerprint density at radius 3 is 2.80 bits per heavy atom. The lowest BCUT2D eigenvalue weighted by molar-refractivity contribution is 0.110. The van der Waals surface area contributed by atoms with Crippen LogP contribution < -0.4 is 0 Å². The van der Waals surface area contributed by atoms with E-state index in [1.807, 2.05) is 0 Å². The van der Waals surface area contributed by atoms with Crippen LogP contribution in [0.15, 0.2) is 10.7 Å². The maximum atomic E-state index is 10.2. The second-order valence-electron chi connectivity index (χ2n) is 2.03. The molecule has 0 atom stereocenters. The standard InChI is InChI=1S/C7H8O3/c1-5-6(2-8)4-10-7(5)3-9/h3-4,8H,2H2,1H3. The topological polar surface area (TPSA) is 50.4 Å². The Kier molecular flexibility index (Phi) is 1.87. The minimum Gasteiger partial charge on any atom is -0.461 e. The van der Waals surface area contributed by atoms with Crippen molar-refractivity contribution in [1.29, 1.82) is 0 Å². The highest BCUT2D eigenvalue weighted by atomic mass is 16.3. The number of aliphatic hydroxyl groups excluding tert-OH is 1. The summed E-state index contributed by atoms with van der Waals surface area (Å²) in [4.78, 5) is 10.2. The van der Waals surface area contributed by atoms with E-state index in [1.54, 1.807) is 6.92 Å². The van der Waals surface area contributed by atoms with Crippen LogP contribution >= 0.6 is 0 Å². The second-order valence-corrected chi connectivity index (χ2v) is 2.03. The molecule has 0 aliphatic heterocycles. The lowest BCUT2D eigenvalue weighted by atomic mass is 10.2.